The molecule has 1 aliphatic carbocycles. The van der Waals surface area contributed by atoms with Crippen LogP contribution in [0.3, 0.4) is 0 Å². The summed E-state index contributed by atoms with van der Waals surface area (Å²) < 4.78 is 20.4. The van der Waals surface area contributed by atoms with Crippen molar-refractivity contribution in [2.45, 2.75) is 32.8 Å². The zero-order valence-electron chi connectivity index (χ0n) is 15.2. The Balaban J connectivity index is 2.13. The van der Waals surface area contributed by atoms with Gasteiger partial charge in [0.1, 0.15) is 12.2 Å². The van der Waals surface area contributed by atoms with Crippen LogP contribution in [-0.4, -0.2) is 56.2 Å². The summed E-state index contributed by atoms with van der Waals surface area (Å²) in [7, 11) is 1.30. The molecule has 1 unspecified atom stereocenters. The Morgan fingerprint density at radius 2 is 2.00 bits per heavy atom. The number of alkyl carbamates (subject to hydrolysis) is 1. The van der Waals surface area contributed by atoms with E-state index in [9.17, 15) is 14.7 Å². The van der Waals surface area contributed by atoms with E-state index in [-0.39, 0.29) is 12.4 Å². The van der Waals surface area contributed by atoms with Gasteiger partial charge in [-0.3, -0.25) is 4.79 Å². The quantitative estimate of drug-likeness (QED) is 0.506. The number of amides is 1. The van der Waals surface area contributed by atoms with Crippen LogP contribution < -0.4 is 5.32 Å². The summed E-state index contributed by atoms with van der Waals surface area (Å²) in [6.45, 7) is 6.53. The Hall–Kier alpha value is -2.22. The third-order valence-electron chi connectivity index (χ3n) is 3.07. The fraction of sp³-hybridized carbons (Fsp3) is 0.647. The molecular weight excluding hydrogens is 330 g/mol. The lowest BCUT2D eigenvalue weighted by Gasteiger charge is -2.19. The van der Waals surface area contributed by atoms with Gasteiger partial charge in [0, 0.05) is 6.54 Å². The zero-order valence-corrected chi connectivity index (χ0v) is 15.2. The highest BCUT2D eigenvalue weighted by Gasteiger charge is 2.22. The van der Waals surface area contributed by atoms with E-state index in [0.717, 1.165) is 0 Å². The summed E-state index contributed by atoms with van der Waals surface area (Å²) in [5.41, 5.74) is -0.533. The molecule has 0 bridgehead atoms. The molecule has 1 aliphatic rings. The van der Waals surface area contributed by atoms with Crippen molar-refractivity contribution in [3.8, 4) is 0 Å². The van der Waals surface area contributed by atoms with E-state index in [1.807, 2.05) is 0 Å². The Kier molecular flexibility index (Phi) is 8.27. The Bertz CT molecular complexity index is 520. The summed E-state index contributed by atoms with van der Waals surface area (Å²) in [6.07, 6.45) is 2.97. The number of aliphatic hydroxyl groups is 1. The maximum atomic E-state index is 11.4. The number of ether oxygens (including phenoxy) is 4. The van der Waals surface area contributed by atoms with E-state index in [4.69, 9.17) is 14.2 Å². The molecular formula is C17H27NO7. The van der Waals surface area contributed by atoms with E-state index in [1.54, 1.807) is 26.8 Å². The van der Waals surface area contributed by atoms with Gasteiger partial charge < -0.3 is 29.4 Å². The molecule has 2 N–H and O–H groups in total. The first-order valence-corrected chi connectivity index (χ1v) is 8.09. The number of rotatable bonds is 8. The van der Waals surface area contributed by atoms with Gasteiger partial charge in [-0.15, -0.1) is 0 Å². The number of aliphatic hydroxyl groups excluding tert-OH is 1. The molecule has 0 aromatic carbocycles. The predicted molar refractivity (Wildman–Crippen MR) is 89.9 cm³/mol. The van der Waals surface area contributed by atoms with Crippen molar-refractivity contribution in [3.05, 3.63) is 23.7 Å². The van der Waals surface area contributed by atoms with Crippen LogP contribution in [0.25, 0.3) is 0 Å². The first kappa shape index (κ1) is 20.8. The lowest BCUT2D eigenvalue weighted by Crippen LogP contribution is -2.34. The number of nitrogens with one attached hydrogen (secondary N) is 1. The molecule has 0 radical (unpaired) electrons. The summed E-state index contributed by atoms with van der Waals surface area (Å²) in [6, 6.07) is 0. The van der Waals surface area contributed by atoms with Crippen LogP contribution in [0.15, 0.2) is 23.7 Å². The van der Waals surface area contributed by atoms with E-state index < -0.39 is 23.6 Å². The van der Waals surface area contributed by atoms with Crippen LogP contribution in [0.4, 0.5) is 4.79 Å². The summed E-state index contributed by atoms with van der Waals surface area (Å²) in [5, 5.41) is 12.4. The average Bonchev–Trinajstić information content (AvgIpc) is 2.52. The van der Waals surface area contributed by atoms with E-state index in [1.165, 1.54) is 13.2 Å². The maximum absolute atomic E-state index is 11.4. The number of hydrogen-bond donors (Lipinski definition) is 2. The van der Waals surface area contributed by atoms with Crippen LogP contribution >= 0.6 is 0 Å². The maximum Gasteiger partial charge on any atom is 0.407 e. The number of hydrogen-bond acceptors (Lipinski definition) is 7. The second-order valence-electron chi connectivity index (χ2n) is 6.38. The minimum Gasteiger partial charge on any atom is -0.504 e. The third kappa shape index (κ3) is 8.44. The lowest BCUT2D eigenvalue weighted by atomic mass is 9.99. The fourth-order valence-corrected chi connectivity index (χ4v) is 1.98. The molecule has 0 aromatic rings. The number of carbonyl (C=O) groups excluding carboxylic acids is 2. The molecule has 0 heterocycles. The highest BCUT2D eigenvalue weighted by atomic mass is 16.6. The molecule has 1 amide bonds. The monoisotopic (exact) mass is 357 g/mol. The Morgan fingerprint density at radius 3 is 2.60 bits per heavy atom. The van der Waals surface area contributed by atoms with E-state index in [0.29, 0.717) is 31.9 Å². The number of allylic oxidation sites excluding steroid dienone is 1. The molecule has 1 atom stereocenters. The van der Waals surface area contributed by atoms with Crippen molar-refractivity contribution in [1.29, 1.82) is 0 Å². The molecule has 0 fully saturated rings. The van der Waals surface area contributed by atoms with Crippen LogP contribution in [-0.2, 0) is 23.7 Å². The fourth-order valence-electron chi connectivity index (χ4n) is 1.98. The molecule has 142 valence electrons. The van der Waals surface area contributed by atoms with Gasteiger partial charge in [-0.05, 0) is 39.3 Å². The van der Waals surface area contributed by atoms with Crippen molar-refractivity contribution < 1.29 is 33.6 Å². The molecule has 1 rings (SSSR count). The number of carbonyl (C=O) groups is 2. The van der Waals surface area contributed by atoms with Gasteiger partial charge in [0.2, 0.25) is 0 Å². The standard InChI is InChI=1S/C17H27NO7/c1-17(2,3)25-16(21)18-7-8-23-9-10-24-14-6-5-12(11-13(14)19)15(20)22-4/h6,11-12,19H,5,7-10H2,1-4H3,(H,18,21). The smallest absolute Gasteiger partial charge is 0.407 e. The van der Waals surface area contributed by atoms with Gasteiger partial charge in [0.05, 0.1) is 26.2 Å². The van der Waals surface area contributed by atoms with Gasteiger partial charge in [-0.2, -0.15) is 0 Å². The largest absolute Gasteiger partial charge is 0.504 e. The second-order valence-corrected chi connectivity index (χ2v) is 6.38. The van der Waals surface area contributed by atoms with Crippen LogP contribution in [0.2, 0.25) is 0 Å². The van der Waals surface area contributed by atoms with Crippen molar-refractivity contribution in [2.24, 2.45) is 5.92 Å². The van der Waals surface area contributed by atoms with Crippen molar-refractivity contribution in [3.63, 3.8) is 0 Å². The molecule has 8 heteroatoms. The molecule has 25 heavy (non-hydrogen) atoms. The van der Waals surface area contributed by atoms with Crippen LogP contribution in [0.1, 0.15) is 27.2 Å². The Labute approximate surface area is 147 Å². The molecule has 0 aromatic heterocycles. The van der Waals surface area contributed by atoms with Gasteiger partial charge in [0.25, 0.3) is 0 Å². The average molecular weight is 357 g/mol. The third-order valence-corrected chi connectivity index (χ3v) is 3.07. The topological polar surface area (TPSA) is 103 Å². The van der Waals surface area contributed by atoms with Gasteiger partial charge in [0.15, 0.2) is 11.5 Å². The first-order valence-electron chi connectivity index (χ1n) is 8.09. The number of methoxy groups -OCH3 is 1. The molecule has 0 aliphatic heterocycles. The molecule has 0 saturated heterocycles. The highest BCUT2D eigenvalue weighted by Crippen LogP contribution is 2.22. The minimum absolute atomic E-state index is 0.0896. The van der Waals surface area contributed by atoms with Crippen molar-refractivity contribution in [2.75, 3.05) is 33.5 Å². The normalized spacial score (nSPS) is 17.2. The first-order chi connectivity index (χ1) is 11.7. The second kappa shape index (κ2) is 9.93. The van der Waals surface area contributed by atoms with Gasteiger partial charge in [-0.1, -0.05) is 0 Å². The summed E-state index contributed by atoms with van der Waals surface area (Å²) in [4.78, 5) is 22.8. The molecule has 0 spiro atoms. The number of esters is 1. The van der Waals surface area contributed by atoms with Gasteiger partial charge in [-0.25, -0.2) is 4.79 Å². The molecule has 8 nitrogen and oxygen atoms in total. The van der Waals surface area contributed by atoms with Crippen molar-refractivity contribution >= 4 is 12.1 Å². The minimum atomic E-state index is -0.533. The molecule has 0 saturated carbocycles. The van der Waals surface area contributed by atoms with Crippen LogP contribution in [0, 0.1) is 5.92 Å². The van der Waals surface area contributed by atoms with E-state index >= 15 is 0 Å². The lowest BCUT2D eigenvalue weighted by molar-refractivity contribution is -0.143. The van der Waals surface area contributed by atoms with Crippen molar-refractivity contribution in [1.82, 2.24) is 5.32 Å². The summed E-state index contributed by atoms with van der Waals surface area (Å²) >= 11 is 0. The van der Waals surface area contributed by atoms with Gasteiger partial charge >= 0.3 is 12.1 Å². The highest BCUT2D eigenvalue weighted by molar-refractivity contribution is 5.75. The van der Waals surface area contributed by atoms with Crippen LogP contribution in [0.5, 0.6) is 0 Å². The SMILES string of the molecule is COC(=O)C1C=C(O)C(OCCOCCNC(=O)OC(C)(C)C)=CC1. The van der Waals surface area contributed by atoms with E-state index in [2.05, 4.69) is 10.1 Å². The summed E-state index contributed by atoms with van der Waals surface area (Å²) in [5.74, 6) is -0.668. The Morgan fingerprint density at radius 1 is 1.28 bits per heavy atom. The zero-order chi connectivity index (χ0) is 18.9. The predicted octanol–water partition coefficient (Wildman–Crippen LogP) is 2.06.